The van der Waals surface area contributed by atoms with Crippen LogP contribution >= 0.6 is 0 Å². The Kier molecular flexibility index (Phi) is 4.23. The molecule has 2 rings (SSSR count). The molecule has 0 amide bonds. The molecule has 1 aliphatic rings. The van der Waals surface area contributed by atoms with Crippen molar-refractivity contribution >= 4 is 11.7 Å². The number of aromatic nitrogens is 1. The predicted octanol–water partition coefficient (Wildman–Crippen LogP) is 2.79. The van der Waals surface area contributed by atoms with Crippen molar-refractivity contribution in [2.45, 2.75) is 44.6 Å². The fourth-order valence-corrected chi connectivity index (χ4v) is 2.82. The highest BCUT2D eigenvalue weighted by atomic mass is 16.4. The Hall–Kier alpha value is -2.09. The van der Waals surface area contributed by atoms with Crippen molar-refractivity contribution in [3.05, 3.63) is 24.0 Å². The van der Waals surface area contributed by atoms with Crippen molar-refractivity contribution in [3.63, 3.8) is 0 Å². The Morgan fingerprint density at radius 3 is 2.85 bits per heavy atom. The average molecular weight is 273 g/mol. The lowest BCUT2D eigenvalue weighted by atomic mass is 9.75. The second-order valence-corrected chi connectivity index (χ2v) is 5.38. The van der Waals surface area contributed by atoms with Crippen molar-refractivity contribution in [2.24, 2.45) is 5.92 Å². The first-order valence-corrected chi connectivity index (χ1v) is 6.98. The van der Waals surface area contributed by atoms with E-state index in [0.717, 1.165) is 19.3 Å². The van der Waals surface area contributed by atoms with Crippen LogP contribution in [0.3, 0.4) is 0 Å². The lowest BCUT2D eigenvalue weighted by molar-refractivity contribution is -0.143. The highest BCUT2D eigenvalue weighted by molar-refractivity contribution is 5.83. The molecule has 5 heteroatoms. The summed E-state index contributed by atoms with van der Waals surface area (Å²) in [5, 5.41) is 21.7. The number of nitriles is 1. The average Bonchev–Trinajstić information content (AvgIpc) is 2.48. The Labute approximate surface area is 118 Å². The van der Waals surface area contributed by atoms with Crippen molar-refractivity contribution in [1.29, 1.82) is 5.26 Å². The molecule has 20 heavy (non-hydrogen) atoms. The Morgan fingerprint density at radius 2 is 2.30 bits per heavy atom. The molecule has 1 heterocycles. The van der Waals surface area contributed by atoms with Gasteiger partial charge in [0, 0.05) is 6.20 Å². The van der Waals surface area contributed by atoms with E-state index in [-0.39, 0.29) is 5.69 Å². The van der Waals surface area contributed by atoms with Crippen molar-refractivity contribution < 1.29 is 9.90 Å². The maximum Gasteiger partial charge on any atom is 0.329 e. The minimum Gasteiger partial charge on any atom is -0.480 e. The van der Waals surface area contributed by atoms with Gasteiger partial charge < -0.3 is 10.4 Å². The van der Waals surface area contributed by atoms with Crippen LogP contribution in [0.4, 0.5) is 5.69 Å². The fourth-order valence-electron chi connectivity index (χ4n) is 2.82. The number of carboxylic acids is 1. The second kappa shape index (κ2) is 5.91. The van der Waals surface area contributed by atoms with Gasteiger partial charge in [0.1, 0.15) is 11.6 Å². The van der Waals surface area contributed by atoms with Gasteiger partial charge in [0.15, 0.2) is 5.69 Å². The SMILES string of the molecule is CCC1CCC(Nc2cccnc2C#N)(C(=O)O)CC1. The van der Waals surface area contributed by atoms with Gasteiger partial charge in [0.25, 0.3) is 0 Å². The zero-order valence-corrected chi connectivity index (χ0v) is 11.6. The van der Waals surface area contributed by atoms with Gasteiger partial charge in [-0.15, -0.1) is 0 Å². The summed E-state index contributed by atoms with van der Waals surface area (Å²) in [7, 11) is 0. The quantitative estimate of drug-likeness (QED) is 0.881. The monoisotopic (exact) mass is 273 g/mol. The molecule has 0 spiro atoms. The molecule has 0 aliphatic heterocycles. The Bertz CT molecular complexity index is 528. The number of hydrogen-bond acceptors (Lipinski definition) is 4. The molecule has 0 unspecified atom stereocenters. The van der Waals surface area contributed by atoms with Gasteiger partial charge in [0.2, 0.25) is 0 Å². The summed E-state index contributed by atoms with van der Waals surface area (Å²) in [5.41, 5.74) is -0.224. The molecule has 1 aromatic rings. The summed E-state index contributed by atoms with van der Waals surface area (Å²) in [5.74, 6) is -0.242. The topological polar surface area (TPSA) is 86.0 Å². The minimum absolute atomic E-state index is 0.241. The van der Waals surface area contributed by atoms with Crippen molar-refractivity contribution in [2.75, 3.05) is 5.32 Å². The molecule has 2 N–H and O–H groups in total. The van der Waals surface area contributed by atoms with Crippen LogP contribution in [0.15, 0.2) is 18.3 Å². The number of aliphatic carboxylic acids is 1. The van der Waals surface area contributed by atoms with E-state index in [2.05, 4.69) is 17.2 Å². The number of hydrogen-bond donors (Lipinski definition) is 2. The molecule has 106 valence electrons. The van der Waals surface area contributed by atoms with Gasteiger partial charge >= 0.3 is 5.97 Å². The molecule has 1 fully saturated rings. The number of anilines is 1. The van der Waals surface area contributed by atoms with Crippen molar-refractivity contribution in [3.8, 4) is 6.07 Å². The van der Waals surface area contributed by atoms with E-state index in [9.17, 15) is 9.90 Å². The number of nitrogens with zero attached hydrogens (tertiary/aromatic N) is 2. The highest BCUT2D eigenvalue weighted by Crippen LogP contribution is 2.36. The van der Waals surface area contributed by atoms with Gasteiger partial charge in [-0.05, 0) is 43.7 Å². The molecular formula is C15H19N3O2. The van der Waals surface area contributed by atoms with E-state index in [1.165, 1.54) is 6.20 Å². The number of rotatable bonds is 4. The Balaban J connectivity index is 2.23. The van der Waals surface area contributed by atoms with E-state index in [1.54, 1.807) is 12.1 Å². The molecule has 0 radical (unpaired) electrons. The molecular weight excluding hydrogens is 254 g/mol. The largest absolute Gasteiger partial charge is 0.480 e. The summed E-state index contributed by atoms with van der Waals surface area (Å²) < 4.78 is 0. The van der Waals surface area contributed by atoms with Gasteiger partial charge in [-0.25, -0.2) is 9.78 Å². The molecule has 1 aliphatic carbocycles. The highest BCUT2D eigenvalue weighted by Gasteiger charge is 2.42. The van der Waals surface area contributed by atoms with Crippen LogP contribution < -0.4 is 5.32 Å². The Morgan fingerprint density at radius 1 is 1.60 bits per heavy atom. The van der Waals surface area contributed by atoms with Crippen LogP contribution in [0.5, 0.6) is 0 Å². The molecule has 0 aromatic carbocycles. The fraction of sp³-hybridized carbons (Fsp3) is 0.533. The van der Waals surface area contributed by atoms with E-state index >= 15 is 0 Å². The van der Waals surface area contributed by atoms with Crippen molar-refractivity contribution in [1.82, 2.24) is 4.98 Å². The van der Waals surface area contributed by atoms with Gasteiger partial charge in [-0.3, -0.25) is 0 Å². The molecule has 0 atom stereocenters. The third-order valence-electron chi connectivity index (χ3n) is 4.23. The first kappa shape index (κ1) is 14.3. The van der Waals surface area contributed by atoms with Crippen LogP contribution in [0, 0.1) is 17.2 Å². The lowest BCUT2D eigenvalue weighted by Gasteiger charge is -2.38. The van der Waals surface area contributed by atoms with Crippen LogP contribution in [0.1, 0.15) is 44.7 Å². The van der Waals surface area contributed by atoms with Crippen LogP contribution in [0.25, 0.3) is 0 Å². The first-order valence-electron chi connectivity index (χ1n) is 6.98. The smallest absolute Gasteiger partial charge is 0.329 e. The molecule has 0 saturated heterocycles. The van der Waals surface area contributed by atoms with Gasteiger partial charge in [-0.1, -0.05) is 13.3 Å². The summed E-state index contributed by atoms with van der Waals surface area (Å²) in [6.07, 6.45) is 5.59. The molecule has 1 aromatic heterocycles. The van der Waals surface area contributed by atoms with Gasteiger partial charge in [-0.2, -0.15) is 5.26 Å². The summed E-state index contributed by atoms with van der Waals surface area (Å²) >= 11 is 0. The standard InChI is InChI=1S/C15H19N3O2/c1-2-11-5-7-15(8-6-11,14(19)20)18-12-4-3-9-17-13(12)10-16/h3-4,9,11,18H,2,5-8H2,1H3,(H,19,20). The van der Waals surface area contributed by atoms with E-state index in [0.29, 0.717) is 24.4 Å². The van der Waals surface area contributed by atoms with E-state index in [4.69, 9.17) is 5.26 Å². The predicted molar refractivity (Wildman–Crippen MR) is 75.2 cm³/mol. The maximum absolute atomic E-state index is 11.7. The summed E-state index contributed by atoms with van der Waals surface area (Å²) in [6, 6.07) is 5.41. The number of pyridine rings is 1. The number of nitrogens with one attached hydrogen (secondary N) is 1. The zero-order valence-electron chi connectivity index (χ0n) is 11.6. The maximum atomic E-state index is 11.7. The van der Waals surface area contributed by atoms with E-state index < -0.39 is 11.5 Å². The zero-order chi connectivity index (χ0) is 14.6. The molecule has 1 saturated carbocycles. The van der Waals surface area contributed by atoms with Crippen LogP contribution in [0.2, 0.25) is 0 Å². The number of carbonyl (C=O) groups is 1. The van der Waals surface area contributed by atoms with Crippen LogP contribution in [-0.4, -0.2) is 21.6 Å². The number of carboxylic acid groups (broad SMARTS) is 1. The third-order valence-corrected chi connectivity index (χ3v) is 4.23. The minimum atomic E-state index is -0.972. The lowest BCUT2D eigenvalue weighted by Crippen LogP contribution is -2.49. The molecule has 0 bridgehead atoms. The normalized spacial score (nSPS) is 25.7. The summed E-state index contributed by atoms with van der Waals surface area (Å²) in [4.78, 5) is 15.7. The summed E-state index contributed by atoms with van der Waals surface area (Å²) in [6.45, 7) is 2.14. The van der Waals surface area contributed by atoms with E-state index in [1.807, 2.05) is 6.07 Å². The van der Waals surface area contributed by atoms with Gasteiger partial charge in [0.05, 0.1) is 5.69 Å². The van der Waals surface area contributed by atoms with Crippen LogP contribution in [-0.2, 0) is 4.79 Å². The third kappa shape index (κ3) is 2.74. The molecule has 5 nitrogen and oxygen atoms in total. The first-order chi connectivity index (χ1) is 9.61. The second-order valence-electron chi connectivity index (χ2n) is 5.38.